The SMILES string of the molecule is Cc1oc(=O)oc1COC(=O)N1CC[C@@H](N2CC/C(=C/C3=C(C(=O)O)N4C(=O)[C@@H](NC(=O)/C(=N/O)c5nsc(N)n5)[C@H]4SC3)C2=O)C1. The molecule has 3 saturated heterocycles. The standard InChI is InChI=1S/C26H26N8O11S2/c1-10-14(45-26(41)44-10)8-43-25(40)32-4-3-13(7-32)33-5-2-11(20(33)36)6-12-9-46-22-16(21(37)34(22)17(12)23(38)39)28-19(35)15(30-42)18-29-24(27)47-31-18/h6,13,16,22,42H,2-5,7-9H2,1H3,(H,28,35)(H,38,39)(H2,27,29,31)/b11-6-,30-15+/t13-,16-,22-/m1/s1. The van der Waals surface area contributed by atoms with E-state index in [1.165, 1.54) is 29.7 Å². The number of oxime groups is 1. The Morgan fingerprint density at radius 1 is 1.23 bits per heavy atom. The molecule has 21 heteroatoms. The Morgan fingerprint density at radius 2 is 2.02 bits per heavy atom. The fourth-order valence-electron chi connectivity index (χ4n) is 5.70. The Labute approximate surface area is 271 Å². The first-order valence-electron chi connectivity index (χ1n) is 14.0. The van der Waals surface area contributed by atoms with Crippen molar-refractivity contribution in [3.05, 3.63) is 50.9 Å². The number of thioether (sulfide) groups is 1. The number of amides is 4. The molecule has 0 radical (unpaired) electrons. The van der Waals surface area contributed by atoms with Gasteiger partial charge >= 0.3 is 17.9 Å². The Kier molecular flexibility index (Phi) is 8.49. The van der Waals surface area contributed by atoms with Gasteiger partial charge in [-0.25, -0.2) is 14.4 Å². The van der Waals surface area contributed by atoms with Crippen LogP contribution in [-0.4, -0.2) is 113 Å². The normalized spacial score (nSPS) is 23.8. The zero-order valence-electron chi connectivity index (χ0n) is 24.4. The number of ether oxygens (including phenoxy) is 1. The van der Waals surface area contributed by atoms with E-state index in [2.05, 4.69) is 19.8 Å². The topological polar surface area (TPSA) is 264 Å². The highest BCUT2D eigenvalue weighted by Crippen LogP contribution is 2.41. The number of hydrogen-bond donors (Lipinski definition) is 4. The second-order valence-electron chi connectivity index (χ2n) is 10.7. The molecule has 5 N–H and O–H groups in total. The van der Waals surface area contributed by atoms with Crippen LogP contribution in [-0.2, 0) is 30.5 Å². The van der Waals surface area contributed by atoms with E-state index in [4.69, 9.17) is 19.3 Å². The molecule has 0 unspecified atom stereocenters. The second kappa shape index (κ2) is 12.5. The minimum atomic E-state index is -1.38. The number of aromatic nitrogens is 2. The first-order chi connectivity index (χ1) is 22.5. The van der Waals surface area contributed by atoms with Crippen LogP contribution in [0.1, 0.15) is 30.2 Å². The molecule has 0 aromatic carbocycles. The van der Waals surface area contributed by atoms with Crippen molar-refractivity contribution in [3.63, 3.8) is 0 Å². The molecule has 6 rings (SSSR count). The van der Waals surface area contributed by atoms with Gasteiger partial charge in [-0.1, -0.05) is 5.16 Å². The molecule has 248 valence electrons. The number of carbonyl (C=O) groups is 5. The summed E-state index contributed by atoms with van der Waals surface area (Å²) in [5, 5.41) is 24.0. The predicted octanol–water partition coefficient (Wildman–Crippen LogP) is -0.538. The maximum atomic E-state index is 13.4. The van der Waals surface area contributed by atoms with Crippen molar-refractivity contribution in [2.24, 2.45) is 5.16 Å². The van der Waals surface area contributed by atoms with Gasteiger partial charge in [0.25, 0.3) is 11.8 Å². The van der Waals surface area contributed by atoms with Crippen molar-refractivity contribution in [1.29, 1.82) is 0 Å². The second-order valence-corrected chi connectivity index (χ2v) is 12.6. The number of fused-ring (bicyclic) bond motifs is 1. The lowest BCUT2D eigenvalue weighted by Gasteiger charge is -2.49. The van der Waals surface area contributed by atoms with E-state index in [1.54, 1.807) is 4.90 Å². The number of allylic oxidation sites excluding steroid dienone is 1. The quantitative estimate of drug-likeness (QED) is 0.0891. The molecule has 0 spiro atoms. The lowest BCUT2D eigenvalue weighted by Crippen LogP contribution is -2.71. The Balaban J connectivity index is 1.09. The number of rotatable bonds is 8. The molecule has 4 amide bonds. The highest BCUT2D eigenvalue weighted by Gasteiger charge is 2.54. The Hall–Kier alpha value is -5.18. The van der Waals surface area contributed by atoms with Crippen molar-refractivity contribution < 1.29 is 47.9 Å². The maximum Gasteiger partial charge on any atom is 0.519 e. The molecule has 6 heterocycles. The third kappa shape index (κ3) is 5.93. The molecule has 2 aromatic heterocycles. The van der Waals surface area contributed by atoms with Crippen LogP contribution in [0.2, 0.25) is 0 Å². The molecule has 3 fully saturated rings. The van der Waals surface area contributed by atoms with Crippen LogP contribution in [0.3, 0.4) is 0 Å². The van der Waals surface area contributed by atoms with Gasteiger partial charge in [-0.3, -0.25) is 19.3 Å². The van der Waals surface area contributed by atoms with Gasteiger partial charge in [0.2, 0.25) is 17.4 Å². The zero-order chi connectivity index (χ0) is 33.6. The van der Waals surface area contributed by atoms with Crippen LogP contribution >= 0.6 is 23.3 Å². The van der Waals surface area contributed by atoms with Crippen LogP contribution in [0, 0.1) is 6.92 Å². The number of nitrogen functional groups attached to an aromatic ring is 1. The lowest BCUT2D eigenvalue weighted by atomic mass is 10.0. The summed E-state index contributed by atoms with van der Waals surface area (Å²) < 4.78 is 18.6. The largest absolute Gasteiger partial charge is 0.519 e. The van der Waals surface area contributed by atoms with Gasteiger partial charge in [0.1, 0.15) is 17.1 Å². The number of anilines is 1. The first-order valence-corrected chi connectivity index (χ1v) is 15.8. The number of nitrogens with two attached hydrogens (primary N) is 1. The van der Waals surface area contributed by atoms with Gasteiger partial charge in [0.15, 0.2) is 23.3 Å². The maximum absolute atomic E-state index is 13.4. The summed E-state index contributed by atoms with van der Waals surface area (Å²) in [6.45, 7) is 2.14. The third-order valence-electron chi connectivity index (χ3n) is 7.99. The number of nitrogens with one attached hydrogen (secondary N) is 1. The van der Waals surface area contributed by atoms with Gasteiger partial charge in [-0.05, 0) is 31.4 Å². The summed E-state index contributed by atoms with van der Waals surface area (Å²) in [7, 11) is 0. The number of β-lactam (4-membered cyclic amide) rings is 1. The summed E-state index contributed by atoms with van der Waals surface area (Å²) in [5.41, 5.74) is 5.29. The molecule has 0 saturated carbocycles. The van der Waals surface area contributed by atoms with Crippen LogP contribution < -0.4 is 16.9 Å². The van der Waals surface area contributed by atoms with Crippen molar-refractivity contribution >= 4 is 63.9 Å². The van der Waals surface area contributed by atoms with Gasteiger partial charge in [0.05, 0.1) is 6.04 Å². The number of likely N-dealkylation sites (tertiary alicyclic amines) is 2. The highest BCUT2D eigenvalue weighted by atomic mass is 32.2. The van der Waals surface area contributed by atoms with E-state index in [1.807, 2.05) is 0 Å². The summed E-state index contributed by atoms with van der Waals surface area (Å²) >= 11 is 1.97. The van der Waals surface area contributed by atoms with Crippen molar-refractivity contribution in [2.45, 2.75) is 43.8 Å². The molecular formula is C26H26N8O11S2. The van der Waals surface area contributed by atoms with Crippen molar-refractivity contribution in [3.8, 4) is 0 Å². The monoisotopic (exact) mass is 690 g/mol. The van der Waals surface area contributed by atoms with E-state index in [0.717, 1.165) is 16.4 Å². The lowest BCUT2D eigenvalue weighted by molar-refractivity contribution is -0.150. The predicted molar refractivity (Wildman–Crippen MR) is 159 cm³/mol. The van der Waals surface area contributed by atoms with Gasteiger partial charge in [0, 0.05) is 42.5 Å². The average Bonchev–Trinajstić information content (AvgIpc) is 3.83. The van der Waals surface area contributed by atoms with Gasteiger partial charge in [-0.15, -0.1) is 11.8 Å². The summed E-state index contributed by atoms with van der Waals surface area (Å²) in [4.78, 5) is 83.2. The van der Waals surface area contributed by atoms with Gasteiger partial charge < -0.3 is 44.7 Å². The Bertz CT molecular complexity index is 1830. The summed E-state index contributed by atoms with van der Waals surface area (Å²) in [5.74, 6) is -4.02. The summed E-state index contributed by atoms with van der Waals surface area (Å²) in [6, 6.07) is -1.41. The molecular weight excluding hydrogens is 664 g/mol. The fourth-order valence-corrected chi connectivity index (χ4v) is 7.44. The van der Waals surface area contributed by atoms with E-state index >= 15 is 0 Å². The van der Waals surface area contributed by atoms with E-state index < -0.39 is 46.8 Å². The number of carbonyl (C=O) groups excluding carboxylic acids is 4. The first kappa shape index (κ1) is 31.8. The fraction of sp³-hybridized carbons (Fsp3) is 0.423. The van der Waals surface area contributed by atoms with Crippen molar-refractivity contribution in [2.75, 3.05) is 31.1 Å². The highest BCUT2D eigenvalue weighted by molar-refractivity contribution is 8.00. The minimum Gasteiger partial charge on any atom is -0.477 e. The number of carboxylic acid groups (broad SMARTS) is 1. The number of nitrogens with zero attached hydrogens (tertiary/aromatic N) is 6. The Morgan fingerprint density at radius 3 is 2.68 bits per heavy atom. The summed E-state index contributed by atoms with van der Waals surface area (Å²) in [6.07, 6.45) is 1.68. The smallest absolute Gasteiger partial charge is 0.477 e. The molecule has 4 aliphatic rings. The van der Waals surface area contributed by atoms with Gasteiger partial charge in [-0.2, -0.15) is 9.36 Å². The van der Waals surface area contributed by atoms with E-state index in [0.29, 0.717) is 31.5 Å². The third-order valence-corrected chi connectivity index (χ3v) is 9.83. The number of aryl methyl sites for hydroxylation is 1. The minimum absolute atomic E-state index is 0.0324. The number of hydrogen-bond acceptors (Lipinski definition) is 16. The van der Waals surface area contributed by atoms with E-state index in [9.17, 15) is 39.1 Å². The van der Waals surface area contributed by atoms with Crippen LogP contribution in [0.25, 0.3) is 0 Å². The van der Waals surface area contributed by atoms with Crippen LogP contribution in [0.5, 0.6) is 0 Å². The molecule has 19 nitrogen and oxygen atoms in total. The zero-order valence-corrected chi connectivity index (χ0v) is 26.0. The molecule has 2 aromatic rings. The van der Waals surface area contributed by atoms with Crippen molar-refractivity contribution in [1.82, 2.24) is 29.4 Å². The van der Waals surface area contributed by atoms with Crippen LogP contribution in [0.15, 0.2) is 41.7 Å². The number of carboxylic acids is 1. The molecule has 4 aliphatic heterocycles. The molecule has 3 atom stereocenters. The average molecular weight is 691 g/mol. The molecule has 0 aliphatic carbocycles. The number of aliphatic carboxylic acids is 1. The van der Waals surface area contributed by atoms with E-state index in [-0.39, 0.29) is 64.6 Å². The molecule has 0 bridgehead atoms. The molecule has 47 heavy (non-hydrogen) atoms. The van der Waals surface area contributed by atoms with Crippen LogP contribution in [0.4, 0.5) is 9.93 Å².